The predicted octanol–water partition coefficient (Wildman–Crippen LogP) is 2.14. The smallest absolute Gasteiger partial charge is 0.370 e. The minimum Gasteiger partial charge on any atom is -0.370 e. The molecule has 1 aromatic carbocycles. The number of rotatable bonds is 6. The molecule has 0 bridgehead atoms. The van der Waals surface area contributed by atoms with Gasteiger partial charge in [-0.2, -0.15) is 13.2 Å². The van der Waals surface area contributed by atoms with Gasteiger partial charge in [-0.3, -0.25) is 9.89 Å². The van der Waals surface area contributed by atoms with Gasteiger partial charge >= 0.3 is 6.18 Å². The number of anilines is 1. The molecule has 0 aliphatic carbocycles. The first-order chi connectivity index (χ1) is 11.9. The van der Waals surface area contributed by atoms with Gasteiger partial charge in [0.15, 0.2) is 5.96 Å². The molecule has 5 nitrogen and oxygen atoms in total. The molecule has 140 valence electrons. The van der Waals surface area contributed by atoms with E-state index in [1.165, 1.54) is 12.1 Å². The Morgan fingerprint density at radius 1 is 1.20 bits per heavy atom. The molecular formula is C17H26F3N5. The van der Waals surface area contributed by atoms with Gasteiger partial charge in [0, 0.05) is 45.5 Å². The summed E-state index contributed by atoms with van der Waals surface area (Å²) in [6.07, 6.45) is -2.24. The molecule has 1 heterocycles. The SMILES string of the molecule is CN=C(N)NCCCCN1CCN(c2cccc(C(F)(F)F)c2)CC1. The fourth-order valence-electron chi connectivity index (χ4n) is 2.86. The van der Waals surface area contributed by atoms with Crippen molar-refractivity contribution in [2.24, 2.45) is 10.7 Å². The Hall–Kier alpha value is -1.96. The summed E-state index contributed by atoms with van der Waals surface area (Å²) < 4.78 is 38.5. The fourth-order valence-corrected chi connectivity index (χ4v) is 2.86. The molecule has 0 amide bonds. The molecule has 1 saturated heterocycles. The molecule has 0 aromatic heterocycles. The number of nitrogens with two attached hydrogens (primary N) is 1. The van der Waals surface area contributed by atoms with E-state index in [4.69, 9.17) is 5.73 Å². The Bertz CT molecular complexity index is 566. The van der Waals surface area contributed by atoms with Gasteiger partial charge < -0.3 is 16.0 Å². The second kappa shape index (κ2) is 8.94. The summed E-state index contributed by atoms with van der Waals surface area (Å²) >= 11 is 0. The normalized spacial score (nSPS) is 17.0. The average molecular weight is 357 g/mol. The minimum atomic E-state index is -4.29. The number of hydrogen-bond donors (Lipinski definition) is 2. The van der Waals surface area contributed by atoms with Gasteiger partial charge in [0.05, 0.1) is 5.56 Å². The van der Waals surface area contributed by atoms with Crippen LogP contribution < -0.4 is 16.0 Å². The number of hydrogen-bond acceptors (Lipinski definition) is 3. The Morgan fingerprint density at radius 3 is 2.56 bits per heavy atom. The Morgan fingerprint density at radius 2 is 1.92 bits per heavy atom. The summed E-state index contributed by atoms with van der Waals surface area (Å²) in [6, 6.07) is 5.57. The molecule has 0 spiro atoms. The van der Waals surface area contributed by atoms with Gasteiger partial charge in [-0.15, -0.1) is 0 Å². The summed E-state index contributed by atoms with van der Waals surface area (Å²) in [4.78, 5) is 8.20. The van der Waals surface area contributed by atoms with E-state index in [9.17, 15) is 13.2 Å². The van der Waals surface area contributed by atoms with Crippen molar-refractivity contribution in [1.29, 1.82) is 0 Å². The number of guanidine groups is 1. The second-order valence-electron chi connectivity index (χ2n) is 6.12. The monoisotopic (exact) mass is 357 g/mol. The number of halogens is 3. The number of alkyl halides is 3. The van der Waals surface area contributed by atoms with Crippen LogP contribution in [0.4, 0.5) is 18.9 Å². The Balaban J connectivity index is 1.73. The molecular weight excluding hydrogens is 331 g/mol. The highest BCUT2D eigenvalue weighted by Crippen LogP contribution is 2.31. The maximum Gasteiger partial charge on any atom is 0.416 e. The summed E-state index contributed by atoms with van der Waals surface area (Å²) in [5, 5.41) is 3.03. The standard InChI is InChI=1S/C17H26F3N5/c1-22-16(21)23-7-2-3-8-24-9-11-25(12-10-24)15-6-4-5-14(13-15)17(18,19)20/h4-6,13H,2-3,7-12H2,1H3,(H3,21,22,23). The van der Waals surface area contributed by atoms with Gasteiger partial charge in [-0.25, -0.2) is 0 Å². The van der Waals surface area contributed by atoms with Crippen molar-refractivity contribution in [3.8, 4) is 0 Å². The highest BCUT2D eigenvalue weighted by Gasteiger charge is 2.31. The second-order valence-corrected chi connectivity index (χ2v) is 6.12. The summed E-state index contributed by atoms with van der Waals surface area (Å²) in [5.74, 6) is 0.453. The van der Waals surface area contributed by atoms with Crippen molar-refractivity contribution in [1.82, 2.24) is 10.2 Å². The lowest BCUT2D eigenvalue weighted by molar-refractivity contribution is -0.137. The highest BCUT2D eigenvalue weighted by atomic mass is 19.4. The van der Waals surface area contributed by atoms with Crippen LogP contribution in [0.3, 0.4) is 0 Å². The third-order valence-electron chi connectivity index (χ3n) is 4.36. The van der Waals surface area contributed by atoms with E-state index in [0.29, 0.717) is 11.6 Å². The highest BCUT2D eigenvalue weighted by molar-refractivity contribution is 5.77. The molecule has 8 heteroatoms. The van der Waals surface area contributed by atoms with Gasteiger partial charge in [0.1, 0.15) is 0 Å². The molecule has 2 rings (SSSR count). The number of nitrogens with zero attached hydrogens (tertiary/aromatic N) is 3. The zero-order chi connectivity index (χ0) is 18.3. The number of piperazine rings is 1. The number of unbranched alkanes of at least 4 members (excludes halogenated alkanes) is 1. The zero-order valence-electron chi connectivity index (χ0n) is 14.5. The summed E-state index contributed by atoms with van der Waals surface area (Å²) in [7, 11) is 1.65. The van der Waals surface area contributed by atoms with Crippen LogP contribution in [-0.4, -0.2) is 57.2 Å². The van der Waals surface area contributed by atoms with Crippen LogP contribution in [0.1, 0.15) is 18.4 Å². The van der Waals surface area contributed by atoms with Crippen LogP contribution >= 0.6 is 0 Å². The van der Waals surface area contributed by atoms with E-state index in [1.807, 2.05) is 4.90 Å². The van der Waals surface area contributed by atoms with Gasteiger partial charge in [0.2, 0.25) is 0 Å². The van der Waals surface area contributed by atoms with Crippen molar-refractivity contribution in [2.75, 3.05) is 51.2 Å². The third-order valence-corrected chi connectivity index (χ3v) is 4.36. The number of nitrogens with one attached hydrogen (secondary N) is 1. The van der Waals surface area contributed by atoms with Crippen molar-refractivity contribution in [3.05, 3.63) is 29.8 Å². The first kappa shape index (κ1) is 19.4. The largest absolute Gasteiger partial charge is 0.416 e. The van der Waals surface area contributed by atoms with Crippen molar-refractivity contribution in [3.63, 3.8) is 0 Å². The minimum absolute atomic E-state index is 0.453. The molecule has 1 aliphatic rings. The Labute approximate surface area is 146 Å². The summed E-state index contributed by atoms with van der Waals surface area (Å²) in [6.45, 7) is 5.00. The van der Waals surface area contributed by atoms with E-state index < -0.39 is 11.7 Å². The third kappa shape index (κ3) is 6.12. The van der Waals surface area contributed by atoms with Crippen LogP contribution in [0.2, 0.25) is 0 Å². The first-order valence-corrected chi connectivity index (χ1v) is 8.51. The van der Waals surface area contributed by atoms with E-state index in [-0.39, 0.29) is 0 Å². The van der Waals surface area contributed by atoms with Crippen LogP contribution in [0.25, 0.3) is 0 Å². The molecule has 0 saturated carbocycles. The molecule has 1 fully saturated rings. The predicted molar refractivity (Wildman–Crippen MR) is 94.9 cm³/mol. The molecule has 1 aliphatic heterocycles. The molecule has 25 heavy (non-hydrogen) atoms. The van der Waals surface area contributed by atoms with Gasteiger partial charge in [-0.1, -0.05) is 6.07 Å². The van der Waals surface area contributed by atoms with E-state index >= 15 is 0 Å². The fraction of sp³-hybridized carbons (Fsp3) is 0.588. The molecule has 3 N–H and O–H groups in total. The summed E-state index contributed by atoms with van der Waals surface area (Å²) in [5.41, 5.74) is 5.62. The van der Waals surface area contributed by atoms with E-state index in [2.05, 4.69) is 15.2 Å². The first-order valence-electron chi connectivity index (χ1n) is 8.51. The van der Waals surface area contributed by atoms with Crippen LogP contribution in [0.15, 0.2) is 29.3 Å². The maximum atomic E-state index is 12.8. The van der Waals surface area contributed by atoms with Gasteiger partial charge in [-0.05, 0) is 37.6 Å². The Kier molecular flexibility index (Phi) is 6.92. The van der Waals surface area contributed by atoms with Gasteiger partial charge in [0.25, 0.3) is 0 Å². The van der Waals surface area contributed by atoms with Crippen LogP contribution in [0, 0.1) is 0 Å². The molecule has 0 radical (unpaired) electrons. The molecule has 0 unspecified atom stereocenters. The zero-order valence-corrected chi connectivity index (χ0v) is 14.5. The van der Waals surface area contributed by atoms with E-state index in [1.54, 1.807) is 13.1 Å². The van der Waals surface area contributed by atoms with Crippen molar-refractivity contribution in [2.45, 2.75) is 19.0 Å². The topological polar surface area (TPSA) is 56.9 Å². The number of benzene rings is 1. The molecule has 0 atom stereocenters. The van der Waals surface area contributed by atoms with E-state index in [0.717, 1.165) is 58.2 Å². The van der Waals surface area contributed by atoms with Crippen LogP contribution in [-0.2, 0) is 6.18 Å². The lowest BCUT2D eigenvalue weighted by Crippen LogP contribution is -2.46. The van der Waals surface area contributed by atoms with Crippen LogP contribution in [0.5, 0.6) is 0 Å². The average Bonchev–Trinajstić information content (AvgIpc) is 2.61. The molecule has 1 aromatic rings. The van der Waals surface area contributed by atoms with Crippen molar-refractivity contribution >= 4 is 11.6 Å². The van der Waals surface area contributed by atoms with Crippen molar-refractivity contribution < 1.29 is 13.2 Å². The lowest BCUT2D eigenvalue weighted by atomic mass is 10.1. The quantitative estimate of drug-likeness (QED) is 0.465. The lowest BCUT2D eigenvalue weighted by Gasteiger charge is -2.36. The maximum absolute atomic E-state index is 12.8. The number of aliphatic imine (C=N–C) groups is 1.